The molecule has 2 rings (SSSR count). The monoisotopic (exact) mass is 1860 g/mol. The lowest BCUT2D eigenvalue weighted by Gasteiger charge is -2.21. The third-order valence-corrected chi connectivity index (χ3v) is 18.2. The highest BCUT2D eigenvalue weighted by Crippen LogP contribution is 2.18. The summed E-state index contributed by atoms with van der Waals surface area (Å²) in [5.41, 5.74) is 8.08. The lowest BCUT2D eigenvalue weighted by Crippen LogP contribution is -2.82. The zero-order valence-electron chi connectivity index (χ0n) is 96.4. The fourth-order valence-electron chi connectivity index (χ4n) is 12.9. The molecule has 132 heavy (non-hydrogen) atoms. The number of ether oxygens (including phenoxy) is 1. The summed E-state index contributed by atoms with van der Waals surface area (Å²) in [4.78, 5) is 55.3. The van der Waals surface area contributed by atoms with E-state index in [0.29, 0.717) is 110 Å². The highest BCUT2D eigenvalue weighted by Gasteiger charge is 2.27. The summed E-state index contributed by atoms with van der Waals surface area (Å²) in [5.74, 6) is 8.02. The van der Waals surface area contributed by atoms with Crippen LogP contribution in [-0.4, -0.2) is 268 Å². The number of rotatable bonds is 25. The second kappa shape index (κ2) is 75.5. The van der Waals surface area contributed by atoms with Crippen LogP contribution in [0.5, 0.6) is 0 Å². The topological polar surface area (TPSA) is 267 Å². The van der Waals surface area contributed by atoms with E-state index in [2.05, 4.69) is 376 Å². The summed E-state index contributed by atoms with van der Waals surface area (Å²) in [6.45, 7) is 116. The predicted octanol–water partition coefficient (Wildman–Crippen LogP) is 17.6. The number of nitrogens with zero attached hydrogens (tertiary/aromatic N) is 14. The molecule has 0 spiro atoms. The first kappa shape index (κ1) is 135. The lowest BCUT2D eigenvalue weighted by molar-refractivity contribution is -0.590. The van der Waals surface area contributed by atoms with Crippen molar-refractivity contribution in [2.75, 3.05) is 33.2 Å². The molecule has 0 radical (unpaired) electrons. The van der Waals surface area contributed by atoms with Crippen molar-refractivity contribution in [3.63, 3.8) is 0 Å². The average molecular weight is 1860 g/mol. The second-order valence-electron chi connectivity index (χ2n) is 42.4. The molecule has 768 valence electrons. The average Bonchev–Trinajstić information content (AvgIpc) is 0.870. The molecule has 0 aromatic rings. The van der Waals surface area contributed by atoms with Crippen molar-refractivity contribution >= 4 is 99.3 Å². The van der Waals surface area contributed by atoms with Gasteiger partial charge in [-0.25, -0.2) is 0 Å². The quantitative estimate of drug-likeness (QED) is 0.0136. The van der Waals surface area contributed by atoms with Gasteiger partial charge in [-0.1, -0.05) is 105 Å². The molecule has 0 aromatic carbocycles. The van der Waals surface area contributed by atoms with Crippen molar-refractivity contribution in [2.45, 2.75) is 539 Å². The van der Waals surface area contributed by atoms with E-state index in [-0.39, 0.29) is 18.1 Å². The molecule has 0 amide bonds. The highest BCUT2D eigenvalue weighted by atomic mass is 16.6. The predicted molar refractivity (Wildman–Crippen MR) is 586 cm³/mol. The number of carbonyl (C=O) groups excluding carboxylic acids is 1. The van der Waals surface area contributed by atoms with Crippen LogP contribution in [0.15, 0.2) is 52.6 Å². The lowest BCUT2D eigenvalue weighted by atomic mass is 9.95. The smallest absolute Gasteiger partial charge is 0.387 e. The first-order valence-corrected chi connectivity index (χ1v) is 50.8. The van der Waals surface area contributed by atoms with Gasteiger partial charge in [-0.05, 0) is 378 Å². The van der Waals surface area contributed by atoms with Crippen LogP contribution in [0, 0.1) is 5.92 Å². The summed E-state index contributed by atoms with van der Waals surface area (Å²) < 4.78 is 18.8. The van der Waals surface area contributed by atoms with Gasteiger partial charge in [-0.2, -0.15) is 0 Å². The van der Waals surface area contributed by atoms with E-state index in [1.807, 2.05) is 124 Å². The minimum Gasteiger partial charge on any atom is -0.460 e. The van der Waals surface area contributed by atoms with Crippen molar-refractivity contribution in [3.8, 4) is 0 Å². The first-order chi connectivity index (χ1) is 60.7. The molecule has 26 nitrogen and oxygen atoms in total. The van der Waals surface area contributed by atoms with Crippen LogP contribution in [-0.2, 0) is 9.53 Å². The highest BCUT2D eigenvalue weighted by molar-refractivity contribution is 5.96. The van der Waals surface area contributed by atoms with Crippen LogP contribution in [0.4, 0.5) is 0 Å². The third-order valence-electron chi connectivity index (χ3n) is 18.2. The fraction of sp³-hybridized carbons (Fsp3) is 0.821. The zero-order chi connectivity index (χ0) is 104. The van der Waals surface area contributed by atoms with Crippen LogP contribution in [0.2, 0.25) is 0 Å². The molecule has 0 aliphatic heterocycles. The molecular weight excluding hydrogens is 1640 g/mol. The molecule has 0 unspecified atom stereocenters. The van der Waals surface area contributed by atoms with Crippen molar-refractivity contribution in [2.24, 2.45) is 45.9 Å². The Bertz CT molecular complexity index is 3670. The van der Waals surface area contributed by atoms with Gasteiger partial charge in [0, 0.05) is 0 Å². The molecule has 2 aliphatic carbocycles. The van der Waals surface area contributed by atoms with Crippen molar-refractivity contribution in [1.82, 2.24) is 42.5 Å². The Balaban J connectivity index is -0.000000345. The number of aliphatic imine (C=N–C) groups is 8. The normalized spacial score (nSPS) is 14.1. The molecule has 0 bridgehead atoms. The number of carbonyl (C=O) groups is 1. The summed E-state index contributed by atoms with van der Waals surface area (Å²) in [6, 6.07) is 7.29. The van der Waals surface area contributed by atoms with Gasteiger partial charge in [0.05, 0.1) is 188 Å². The van der Waals surface area contributed by atoms with Crippen LogP contribution in [0.25, 0.3) is 0 Å². The molecule has 0 atom stereocenters. The molecule has 2 fully saturated rings. The number of hydrogen-bond donors (Lipinski definition) is 10. The van der Waals surface area contributed by atoms with Gasteiger partial charge < -0.3 is 4.74 Å². The van der Waals surface area contributed by atoms with Gasteiger partial charge >= 0.3 is 53.6 Å². The summed E-state index contributed by atoms with van der Waals surface area (Å²) in [6.07, 6.45) is 15.7. The summed E-state index contributed by atoms with van der Waals surface area (Å²) >= 11 is 0. The minimum atomic E-state index is -0.444. The SMILES string of the molecule is C=CC[N+](=C(N=C(C)C)NC(C)C)C(C)C.CC(C)=NC(NC(C)C)=[N+](C(C)C)C(C)C.CC(C)=NC(NC(C)C)=[N+](C)C(C)C.CC(C)=NC(NC(C)C)=[N+](CC(C)C)C(C)C.CC(C)=NC(NC(C)C)=[N+](CCC(=O)OC(C)(C)C)C(C)C.CC(C)=NC(NC(C)C)=[NH+]C(C)C.CC(C)=NC(NC1CCCCC1)=[NH+]C1CCCCC1.CC[N+](=C(N=C(C)C)NC(C)C)C(C)C. The molecule has 26 heteroatoms. The number of hydrogen-bond acceptors (Lipinski definition) is 2. The van der Waals surface area contributed by atoms with Gasteiger partial charge in [-0.3, -0.25) is 84.8 Å². The largest absolute Gasteiger partial charge is 0.460 e. The third kappa shape index (κ3) is 78.6. The van der Waals surface area contributed by atoms with E-state index in [4.69, 9.17) is 4.74 Å². The van der Waals surface area contributed by atoms with Gasteiger partial charge in [0.15, 0.2) is 0 Å². The van der Waals surface area contributed by atoms with Crippen LogP contribution >= 0.6 is 0 Å². The van der Waals surface area contributed by atoms with Gasteiger partial charge in [0.1, 0.15) is 5.60 Å². The van der Waals surface area contributed by atoms with Gasteiger partial charge in [0.25, 0.3) is 0 Å². The number of esters is 1. The molecular formula is C106H220N24O2+8. The van der Waals surface area contributed by atoms with E-state index in [9.17, 15) is 4.79 Å². The number of nitrogens with one attached hydrogen (secondary N) is 10. The van der Waals surface area contributed by atoms with Crippen LogP contribution in [0.1, 0.15) is 431 Å². The second-order valence-corrected chi connectivity index (χ2v) is 42.4. The van der Waals surface area contributed by atoms with E-state index >= 15 is 0 Å². The molecule has 10 N–H and O–H groups in total. The Morgan fingerprint density at radius 1 is 0.379 bits per heavy atom. The molecule has 0 heterocycles. The van der Waals surface area contributed by atoms with Crippen molar-refractivity contribution in [3.05, 3.63) is 12.7 Å². The summed E-state index contributed by atoms with van der Waals surface area (Å²) in [7, 11) is 2.06. The standard InChI is InChI=1S/C17H33N3O2.C16H29N3.C14H29N3.C13H27N3.C13H25N3.C12H25N3.C11H23N3.C10H21N3/c1-12(2)18-16(19-13(3)4)20(14(5)6)11-10-15(21)22-17(7,8)9;1-13(2)17-16(18-14-9-5-3-6-10-14)19-15-11-7-4-8-12-15;1-10(2)9-17(13(7)8)14(15-11(3)4)16-12(5)6;1-9(2)14-13(15-10(3)4)16(11(5)6)12(7)8;1-8-9-16(12(6)7)13(14-10(2)3)15-11(4)5;1-8-15(11(6)7)12(13-9(2)3)14-10(4)5;1-8(2)12-11(13-9(3)4)14(7)10(5)6;1-7(2)11-10(12-8(3)4)13-9(5)6/h12,14H,10-11H2,1-9H3;14-15H,3-12H2,1-2H3,(H,18,19);10-11,13H,9H2,1-8H3;9,11-12H,1-8H3;8,10,12H,1,9H2,2-7H3;9,11H,8H2,1-7H3;8,10H,1-7H3;7-8H,1-6H3,(H,11,12)/p+8. The molecule has 2 saturated carbocycles. The van der Waals surface area contributed by atoms with Crippen LogP contribution < -0.4 is 52.5 Å². The van der Waals surface area contributed by atoms with E-state index in [1.165, 1.54) is 64.2 Å². The van der Waals surface area contributed by atoms with Gasteiger partial charge in [0.2, 0.25) is 0 Å². The Hall–Kier alpha value is -7.67. The van der Waals surface area contributed by atoms with Crippen molar-refractivity contribution in [1.29, 1.82) is 0 Å². The molecule has 0 aromatic heterocycles. The maximum atomic E-state index is 11.9. The summed E-state index contributed by atoms with van der Waals surface area (Å²) in [5, 5.41) is 27.3. The zero-order valence-corrected chi connectivity index (χ0v) is 96.4. The van der Waals surface area contributed by atoms with E-state index < -0.39 is 5.60 Å². The Kier molecular flexibility index (Phi) is 77.3. The van der Waals surface area contributed by atoms with E-state index in [1.54, 1.807) is 0 Å². The Labute approximate surface area is 815 Å². The maximum Gasteiger partial charge on any atom is 0.387 e. The minimum absolute atomic E-state index is 0.181. The van der Waals surface area contributed by atoms with E-state index in [0.717, 1.165) is 113 Å². The Morgan fingerprint density at radius 2 is 0.682 bits per heavy atom. The van der Waals surface area contributed by atoms with Crippen molar-refractivity contribution < 1.29 is 47.0 Å². The van der Waals surface area contributed by atoms with Crippen LogP contribution in [0.3, 0.4) is 0 Å². The Morgan fingerprint density at radius 3 is 0.977 bits per heavy atom. The fourth-order valence-corrected chi connectivity index (χ4v) is 12.9. The van der Waals surface area contributed by atoms with Gasteiger partial charge in [-0.15, -0.1) is 0 Å². The number of guanidine groups is 8. The maximum absolute atomic E-state index is 11.9. The first-order valence-electron chi connectivity index (χ1n) is 50.8. The molecule has 0 saturated heterocycles. The molecule has 2 aliphatic rings.